The molecule has 1 rings (SSSR count). The maximum atomic E-state index is 9.54. The van der Waals surface area contributed by atoms with Gasteiger partial charge in [0.05, 0.1) is 0 Å². The molecule has 0 atom stereocenters. The van der Waals surface area contributed by atoms with Gasteiger partial charge in [-0.1, -0.05) is 11.6 Å². The molecule has 1 aromatic rings. The third kappa shape index (κ3) is 2.35. The molecule has 0 aromatic heterocycles. The summed E-state index contributed by atoms with van der Waals surface area (Å²) in [6.45, 7) is 7.98. The van der Waals surface area contributed by atoms with Crippen molar-refractivity contribution in [1.82, 2.24) is 0 Å². The molecule has 1 heteroatoms. The standard InChI is InChI=1S/C12H16O/c1-8(2)5-11-6-9(3)12(13)10(4)7-11/h5-7,13H,1-4H3. The lowest BCUT2D eigenvalue weighted by atomic mass is 10.0. The van der Waals surface area contributed by atoms with Crippen molar-refractivity contribution >= 4 is 6.08 Å². The predicted octanol–water partition coefficient (Wildman–Crippen LogP) is 3.43. The van der Waals surface area contributed by atoms with Gasteiger partial charge >= 0.3 is 0 Å². The maximum Gasteiger partial charge on any atom is 0.121 e. The summed E-state index contributed by atoms with van der Waals surface area (Å²) in [4.78, 5) is 0. The normalized spacial score (nSPS) is 9.85. The SMILES string of the molecule is CC(C)=Cc1cc(C)c(O)c(C)c1. The van der Waals surface area contributed by atoms with E-state index in [0.717, 1.165) is 16.7 Å². The summed E-state index contributed by atoms with van der Waals surface area (Å²) >= 11 is 0. The van der Waals surface area contributed by atoms with Gasteiger partial charge in [0.15, 0.2) is 0 Å². The van der Waals surface area contributed by atoms with Crippen LogP contribution in [0, 0.1) is 13.8 Å². The van der Waals surface area contributed by atoms with Crippen LogP contribution in [0.1, 0.15) is 30.5 Å². The lowest BCUT2D eigenvalue weighted by molar-refractivity contribution is 0.467. The minimum absolute atomic E-state index is 0.408. The molecule has 1 N–H and O–H groups in total. The summed E-state index contributed by atoms with van der Waals surface area (Å²) in [6, 6.07) is 3.99. The van der Waals surface area contributed by atoms with Gasteiger partial charge in [-0.2, -0.15) is 0 Å². The van der Waals surface area contributed by atoms with Crippen molar-refractivity contribution in [1.29, 1.82) is 0 Å². The molecule has 0 fully saturated rings. The minimum atomic E-state index is 0.408. The van der Waals surface area contributed by atoms with Crippen LogP contribution >= 0.6 is 0 Å². The second kappa shape index (κ2) is 3.65. The zero-order valence-corrected chi connectivity index (χ0v) is 8.68. The monoisotopic (exact) mass is 176 g/mol. The molecule has 0 radical (unpaired) electrons. The van der Waals surface area contributed by atoms with Gasteiger partial charge in [-0.15, -0.1) is 0 Å². The van der Waals surface area contributed by atoms with Gasteiger partial charge in [-0.3, -0.25) is 0 Å². The molecule has 13 heavy (non-hydrogen) atoms. The zero-order chi connectivity index (χ0) is 10.0. The van der Waals surface area contributed by atoms with Crippen LogP contribution in [0.2, 0.25) is 0 Å². The third-order valence-electron chi connectivity index (χ3n) is 1.97. The van der Waals surface area contributed by atoms with Gasteiger partial charge < -0.3 is 5.11 Å². The fraction of sp³-hybridized carbons (Fsp3) is 0.333. The molecule has 0 aliphatic heterocycles. The number of benzene rings is 1. The molecule has 0 heterocycles. The van der Waals surface area contributed by atoms with E-state index in [9.17, 15) is 5.11 Å². The lowest BCUT2D eigenvalue weighted by Gasteiger charge is -2.05. The number of aryl methyl sites for hydroxylation is 2. The number of rotatable bonds is 1. The van der Waals surface area contributed by atoms with Gasteiger partial charge in [-0.05, 0) is 56.5 Å². The second-order valence-electron chi connectivity index (χ2n) is 3.72. The molecule has 1 nitrogen and oxygen atoms in total. The Balaban J connectivity index is 3.21. The topological polar surface area (TPSA) is 20.2 Å². The molecule has 0 spiro atoms. The van der Waals surface area contributed by atoms with Crippen LogP contribution in [-0.4, -0.2) is 5.11 Å². The molecule has 0 amide bonds. The summed E-state index contributed by atoms with van der Waals surface area (Å²) in [5.74, 6) is 0.408. The summed E-state index contributed by atoms with van der Waals surface area (Å²) < 4.78 is 0. The van der Waals surface area contributed by atoms with Gasteiger partial charge in [0.2, 0.25) is 0 Å². The van der Waals surface area contributed by atoms with Crippen LogP contribution in [0.3, 0.4) is 0 Å². The Morgan fingerprint density at radius 1 is 1.15 bits per heavy atom. The first-order chi connectivity index (χ1) is 6.00. The third-order valence-corrected chi connectivity index (χ3v) is 1.97. The Bertz CT molecular complexity index is 321. The number of allylic oxidation sites excluding steroid dienone is 1. The van der Waals surface area contributed by atoms with E-state index in [-0.39, 0.29) is 0 Å². The highest BCUT2D eigenvalue weighted by molar-refractivity contribution is 5.57. The Morgan fingerprint density at radius 3 is 2.00 bits per heavy atom. The van der Waals surface area contributed by atoms with Gasteiger partial charge in [0, 0.05) is 0 Å². The average molecular weight is 176 g/mol. The Hall–Kier alpha value is -1.24. The number of phenols is 1. The molecular weight excluding hydrogens is 160 g/mol. The van der Waals surface area contributed by atoms with E-state index in [1.54, 1.807) is 0 Å². The largest absolute Gasteiger partial charge is 0.507 e. The zero-order valence-electron chi connectivity index (χ0n) is 8.68. The van der Waals surface area contributed by atoms with Gasteiger partial charge in [0.1, 0.15) is 5.75 Å². The van der Waals surface area contributed by atoms with Crippen molar-refractivity contribution in [3.05, 3.63) is 34.4 Å². The highest BCUT2D eigenvalue weighted by atomic mass is 16.3. The number of hydrogen-bond donors (Lipinski definition) is 1. The smallest absolute Gasteiger partial charge is 0.121 e. The van der Waals surface area contributed by atoms with Crippen molar-refractivity contribution in [2.24, 2.45) is 0 Å². The Morgan fingerprint density at radius 2 is 1.62 bits per heavy atom. The molecule has 0 bridgehead atoms. The van der Waals surface area contributed by atoms with E-state index in [0.29, 0.717) is 5.75 Å². The number of hydrogen-bond acceptors (Lipinski definition) is 1. The summed E-state index contributed by atoms with van der Waals surface area (Å²) in [7, 11) is 0. The van der Waals surface area contributed by atoms with Crippen LogP contribution in [-0.2, 0) is 0 Å². The fourth-order valence-electron chi connectivity index (χ4n) is 1.41. The molecule has 0 saturated carbocycles. The van der Waals surface area contributed by atoms with Crippen LogP contribution in [0.15, 0.2) is 17.7 Å². The van der Waals surface area contributed by atoms with Crippen LogP contribution in [0.25, 0.3) is 6.08 Å². The molecular formula is C12H16O. The minimum Gasteiger partial charge on any atom is -0.507 e. The van der Waals surface area contributed by atoms with Crippen LogP contribution in [0.4, 0.5) is 0 Å². The predicted molar refractivity (Wildman–Crippen MR) is 56.9 cm³/mol. The first-order valence-electron chi connectivity index (χ1n) is 4.46. The van der Waals surface area contributed by atoms with Crippen molar-refractivity contribution < 1.29 is 5.11 Å². The molecule has 1 aromatic carbocycles. The van der Waals surface area contributed by atoms with E-state index in [1.165, 1.54) is 5.57 Å². The molecule has 0 aliphatic rings. The van der Waals surface area contributed by atoms with E-state index in [1.807, 2.05) is 26.0 Å². The van der Waals surface area contributed by atoms with E-state index in [4.69, 9.17) is 0 Å². The van der Waals surface area contributed by atoms with Crippen molar-refractivity contribution in [3.63, 3.8) is 0 Å². The highest BCUT2D eigenvalue weighted by Crippen LogP contribution is 2.23. The maximum absolute atomic E-state index is 9.54. The highest BCUT2D eigenvalue weighted by Gasteiger charge is 2.00. The average Bonchev–Trinajstić information content (AvgIpc) is 1.98. The molecule has 0 saturated heterocycles. The summed E-state index contributed by atoms with van der Waals surface area (Å²) in [6.07, 6.45) is 2.11. The molecule has 0 unspecified atom stereocenters. The van der Waals surface area contributed by atoms with E-state index in [2.05, 4.69) is 19.9 Å². The van der Waals surface area contributed by atoms with Gasteiger partial charge in [0.25, 0.3) is 0 Å². The molecule has 0 aliphatic carbocycles. The van der Waals surface area contributed by atoms with E-state index < -0.39 is 0 Å². The first kappa shape index (κ1) is 9.85. The van der Waals surface area contributed by atoms with Gasteiger partial charge in [-0.25, -0.2) is 0 Å². The number of phenolic OH excluding ortho intramolecular Hbond substituents is 1. The Kier molecular flexibility index (Phi) is 2.76. The van der Waals surface area contributed by atoms with Crippen molar-refractivity contribution in [2.75, 3.05) is 0 Å². The van der Waals surface area contributed by atoms with Crippen LogP contribution in [0.5, 0.6) is 5.75 Å². The second-order valence-corrected chi connectivity index (χ2v) is 3.72. The summed E-state index contributed by atoms with van der Waals surface area (Å²) in [5, 5.41) is 9.54. The first-order valence-corrected chi connectivity index (χ1v) is 4.46. The number of aromatic hydroxyl groups is 1. The van der Waals surface area contributed by atoms with E-state index >= 15 is 0 Å². The van der Waals surface area contributed by atoms with Crippen LogP contribution < -0.4 is 0 Å². The lowest BCUT2D eigenvalue weighted by Crippen LogP contribution is -1.83. The van der Waals surface area contributed by atoms with Crippen molar-refractivity contribution in [3.8, 4) is 5.75 Å². The summed E-state index contributed by atoms with van der Waals surface area (Å²) in [5.41, 5.74) is 4.30. The fourth-order valence-corrected chi connectivity index (χ4v) is 1.41. The Labute approximate surface area is 79.7 Å². The quantitative estimate of drug-likeness (QED) is 0.695. The molecule has 70 valence electrons. The van der Waals surface area contributed by atoms with Crippen molar-refractivity contribution in [2.45, 2.75) is 27.7 Å².